The molecule has 0 fully saturated rings. The van der Waals surface area contributed by atoms with Crippen molar-refractivity contribution in [1.29, 1.82) is 0 Å². The van der Waals surface area contributed by atoms with Gasteiger partial charge < -0.3 is 19.7 Å². The van der Waals surface area contributed by atoms with E-state index in [2.05, 4.69) is 6.08 Å². The number of rotatable bonds is 4. The van der Waals surface area contributed by atoms with E-state index < -0.39 is 0 Å². The molecule has 1 atom stereocenters. The van der Waals surface area contributed by atoms with Gasteiger partial charge in [-0.1, -0.05) is 18.2 Å². The van der Waals surface area contributed by atoms with E-state index in [0.717, 1.165) is 30.4 Å². The number of allylic oxidation sites excluding steroid dienone is 2. The van der Waals surface area contributed by atoms with Gasteiger partial charge >= 0.3 is 0 Å². The van der Waals surface area contributed by atoms with Crippen molar-refractivity contribution in [3.8, 4) is 23.0 Å². The van der Waals surface area contributed by atoms with Crippen molar-refractivity contribution in [2.75, 3.05) is 14.2 Å². The number of hydrogen-bond donors (Lipinski definition) is 2. The molecule has 0 heterocycles. The average molecular weight is 326 g/mol. The van der Waals surface area contributed by atoms with E-state index in [1.54, 1.807) is 26.4 Å². The fourth-order valence-corrected chi connectivity index (χ4v) is 3.23. The number of aromatic hydroxyl groups is 2. The Morgan fingerprint density at radius 3 is 2.29 bits per heavy atom. The zero-order valence-corrected chi connectivity index (χ0v) is 14.0. The third-order valence-corrected chi connectivity index (χ3v) is 4.55. The Bertz CT molecular complexity index is 764. The maximum atomic E-state index is 9.77. The second-order valence-corrected chi connectivity index (χ2v) is 6.01. The Balaban J connectivity index is 1.93. The van der Waals surface area contributed by atoms with Crippen molar-refractivity contribution in [3.05, 3.63) is 53.6 Å². The third kappa shape index (κ3) is 3.18. The van der Waals surface area contributed by atoms with Crippen LogP contribution in [-0.4, -0.2) is 24.4 Å². The van der Waals surface area contributed by atoms with Crippen LogP contribution in [0.1, 0.15) is 36.3 Å². The van der Waals surface area contributed by atoms with Crippen LogP contribution >= 0.6 is 0 Å². The lowest BCUT2D eigenvalue weighted by molar-refractivity contribution is 0.372. The first-order valence-corrected chi connectivity index (χ1v) is 8.07. The first-order valence-electron chi connectivity index (χ1n) is 8.07. The molecule has 2 N–H and O–H groups in total. The largest absolute Gasteiger partial charge is 0.504 e. The zero-order valence-electron chi connectivity index (χ0n) is 14.0. The lowest BCUT2D eigenvalue weighted by atomic mass is 9.83. The van der Waals surface area contributed by atoms with Gasteiger partial charge in [0.05, 0.1) is 14.2 Å². The summed E-state index contributed by atoms with van der Waals surface area (Å²) >= 11 is 0. The predicted octanol–water partition coefficient (Wildman–Crippen LogP) is 4.47. The van der Waals surface area contributed by atoms with Crippen LogP contribution in [0.15, 0.2) is 42.5 Å². The fourth-order valence-electron chi connectivity index (χ4n) is 3.23. The highest BCUT2D eigenvalue weighted by molar-refractivity contribution is 5.69. The van der Waals surface area contributed by atoms with Gasteiger partial charge in [-0.3, -0.25) is 0 Å². The topological polar surface area (TPSA) is 58.9 Å². The van der Waals surface area contributed by atoms with E-state index >= 15 is 0 Å². The minimum atomic E-state index is 0.150. The number of phenolic OH excluding ortho intramolecular Hbond substituents is 2. The Morgan fingerprint density at radius 1 is 0.917 bits per heavy atom. The van der Waals surface area contributed by atoms with Crippen molar-refractivity contribution < 1.29 is 19.7 Å². The van der Waals surface area contributed by atoms with Crippen molar-refractivity contribution in [2.24, 2.45) is 0 Å². The number of hydrogen-bond acceptors (Lipinski definition) is 4. The van der Waals surface area contributed by atoms with Crippen LogP contribution in [0.3, 0.4) is 0 Å². The Kier molecular flexibility index (Phi) is 4.65. The molecular formula is C20H22O4. The quantitative estimate of drug-likeness (QED) is 0.870. The molecule has 24 heavy (non-hydrogen) atoms. The van der Waals surface area contributed by atoms with Crippen molar-refractivity contribution >= 4 is 5.57 Å². The molecule has 0 aromatic heterocycles. The summed E-state index contributed by atoms with van der Waals surface area (Å²) in [5, 5.41) is 19.5. The van der Waals surface area contributed by atoms with Crippen molar-refractivity contribution in [2.45, 2.75) is 25.2 Å². The average Bonchev–Trinajstić information content (AvgIpc) is 2.62. The summed E-state index contributed by atoms with van der Waals surface area (Å²) in [4.78, 5) is 0. The summed E-state index contributed by atoms with van der Waals surface area (Å²) < 4.78 is 10.4. The van der Waals surface area contributed by atoms with Gasteiger partial charge in [-0.2, -0.15) is 0 Å². The van der Waals surface area contributed by atoms with Crippen molar-refractivity contribution in [3.63, 3.8) is 0 Å². The van der Waals surface area contributed by atoms with Gasteiger partial charge in [0.25, 0.3) is 0 Å². The molecule has 0 saturated heterocycles. The maximum absolute atomic E-state index is 9.77. The highest BCUT2D eigenvalue weighted by Gasteiger charge is 2.18. The normalized spacial score (nSPS) is 17.2. The van der Waals surface area contributed by atoms with Gasteiger partial charge in [0.1, 0.15) is 0 Å². The molecule has 1 unspecified atom stereocenters. The molecule has 126 valence electrons. The zero-order chi connectivity index (χ0) is 17.1. The summed E-state index contributed by atoms with van der Waals surface area (Å²) in [6.07, 6.45) is 5.41. The molecule has 1 aliphatic rings. The molecule has 0 amide bonds. The summed E-state index contributed by atoms with van der Waals surface area (Å²) in [6, 6.07) is 11.0. The van der Waals surface area contributed by atoms with Crippen molar-refractivity contribution in [1.82, 2.24) is 0 Å². The van der Waals surface area contributed by atoms with Gasteiger partial charge in [-0.05, 0) is 60.2 Å². The molecule has 3 rings (SSSR count). The van der Waals surface area contributed by atoms with Crippen LogP contribution in [0, 0.1) is 0 Å². The Hall–Kier alpha value is -2.62. The van der Waals surface area contributed by atoms with E-state index in [9.17, 15) is 10.2 Å². The van der Waals surface area contributed by atoms with Crippen LogP contribution < -0.4 is 9.47 Å². The van der Waals surface area contributed by atoms with Crippen LogP contribution in [0.2, 0.25) is 0 Å². The summed E-state index contributed by atoms with van der Waals surface area (Å²) in [7, 11) is 3.11. The second kappa shape index (κ2) is 6.87. The smallest absolute Gasteiger partial charge is 0.161 e. The SMILES string of the molecule is COc1cc(C2=CC(c3ccc(O)c(OC)c3)CCC2)ccc1O. The Morgan fingerprint density at radius 2 is 1.58 bits per heavy atom. The molecular weight excluding hydrogens is 304 g/mol. The van der Waals surface area contributed by atoms with Gasteiger partial charge in [-0.15, -0.1) is 0 Å². The summed E-state index contributed by atoms with van der Waals surface area (Å²) in [6.45, 7) is 0. The summed E-state index contributed by atoms with van der Waals surface area (Å²) in [5.74, 6) is 1.58. The molecule has 0 radical (unpaired) electrons. The second-order valence-electron chi connectivity index (χ2n) is 6.01. The van der Waals surface area contributed by atoms with E-state index in [1.807, 2.05) is 24.3 Å². The standard InChI is InChI=1S/C20H22O4/c1-23-19-11-15(6-8-17(19)21)13-4-3-5-14(10-13)16-7-9-18(22)20(12-16)24-2/h6-13,21-22H,3-5H2,1-2H3. The summed E-state index contributed by atoms with van der Waals surface area (Å²) in [5.41, 5.74) is 3.45. The first kappa shape index (κ1) is 16.2. The number of methoxy groups -OCH3 is 2. The van der Waals surface area contributed by atoms with Crippen LogP contribution in [0.4, 0.5) is 0 Å². The van der Waals surface area contributed by atoms with E-state index in [-0.39, 0.29) is 17.4 Å². The molecule has 0 aliphatic heterocycles. The molecule has 2 aromatic rings. The van der Waals surface area contributed by atoms with Crippen LogP contribution in [-0.2, 0) is 0 Å². The molecule has 2 aromatic carbocycles. The minimum absolute atomic E-state index is 0.150. The van der Waals surface area contributed by atoms with Crippen LogP contribution in [0.25, 0.3) is 5.57 Å². The minimum Gasteiger partial charge on any atom is -0.504 e. The highest BCUT2D eigenvalue weighted by atomic mass is 16.5. The number of benzene rings is 2. The van der Waals surface area contributed by atoms with Gasteiger partial charge in [0.15, 0.2) is 23.0 Å². The number of ether oxygens (including phenoxy) is 2. The van der Waals surface area contributed by atoms with Gasteiger partial charge in [0.2, 0.25) is 0 Å². The highest BCUT2D eigenvalue weighted by Crippen LogP contribution is 2.39. The van der Waals surface area contributed by atoms with E-state index in [4.69, 9.17) is 9.47 Å². The molecule has 4 nitrogen and oxygen atoms in total. The lowest BCUT2D eigenvalue weighted by Gasteiger charge is -2.22. The predicted molar refractivity (Wildman–Crippen MR) is 93.9 cm³/mol. The lowest BCUT2D eigenvalue weighted by Crippen LogP contribution is -2.03. The molecule has 1 aliphatic carbocycles. The maximum Gasteiger partial charge on any atom is 0.161 e. The molecule has 0 saturated carbocycles. The fraction of sp³-hybridized carbons (Fsp3) is 0.300. The van der Waals surface area contributed by atoms with Gasteiger partial charge in [0, 0.05) is 5.92 Å². The first-order chi connectivity index (χ1) is 11.6. The molecule has 0 spiro atoms. The molecule has 0 bridgehead atoms. The molecule has 4 heteroatoms. The monoisotopic (exact) mass is 326 g/mol. The third-order valence-electron chi connectivity index (χ3n) is 4.55. The Labute approximate surface area is 142 Å². The van der Waals surface area contributed by atoms with Gasteiger partial charge in [-0.25, -0.2) is 0 Å². The van der Waals surface area contributed by atoms with Crippen LogP contribution in [0.5, 0.6) is 23.0 Å². The van der Waals surface area contributed by atoms with E-state index in [0.29, 0.717) is 11.5 Å². The van der Waals surface area contributed by atoms with E-state index in [1.165, 1.54) is 5.57 Å². The number of phenols is 2.